The molecule has 0 radical (unpaired) electrons. The third kappa shape index (κ3) is 7.08. The number of benzene rings is 8. The van der Waals surface area contributed by atoms with Crippen LogP contribution in [0.5, 0.6) is 0 Å². The molecule has 0 amide bonds. The summed E-state index contributed by atoms with van der Waals surface area (Å²) >= 11 is 0. The lowest BCUT2D eigenvalue weighted by molar-refractivity contribution is 1.07. The summed E-state index contributed by atoms with van der Waals surface area (Å²) in [6.07, 6.45) is 0. The fourth-order valence-electron chi connectivity index (χ4n) is 7.63. The summed E-state index contributed by atoms with van der Waals surface area (Å²) in [6, 6.07) is 71.8. The van der Waals surface area contributed by atoms with Crippen molar-refractivity contribution in [3.05, 3.63) is 212 Å². The first-order chi connectivity index (χ1) is 29.7. The summed E-state index contributed by atoms with van der Waals surface area (Å²) in [6.45, 7) is 0. The topological polar surface area (TPSA) is 88.2 Å². The monoisotopic (exact) mass is 766 g/mol. The highest BCUT2D eigenvalue weighted by atomic mass is 15.0. The molecule has 0 spiro atoms. The van der Waals surface area contributed by atoms with Crippen LogP contribution < -0.4 is 0 Å². The Morgan fingerprint density at radius 1 is 0.317 bits per heavy atom. The van der Waals surface area contributed by atoms with Gasteiger partial charge in [0.05, 0.1) is 22.8 Å². The zero-order chi connectivity index (χ0) is 40.3. The van der Waals surface area contributed by atoms with E-state index in [1.807, 2.05) is 103 Å². The molecule has 0 aliphatic heterocycles. The van der Waals surface area contributed by atoms with Crippen molar-refractivity contribution in [1.82, 2.24) is 24.9 Å². The highest BCUT2D eigenvalue weighted by molar-refractivity contribution is 6.02. The van der Waals surface area contributed by atoms with E-state index < -0.39 is 0 Å². The van der Waals surface area contributed by atoms with Crippen LogP contribution in [0.4, 0.5) is 0 Å². The van der Waals surface area contributed by atoms with Crippen molar-refractivity contribution in [3.63, 3.8) is 0 Å². The quantitative estimate of drug-likeness (QED) is 0.153. The fourth-order valence-corrected chi connectivity index (χ4v) is 7.63. The molecule has 280 valence electrons. The number of fused-ring (bicyclic) bond motifs is 1. The SMILES string of the molecule is N#Cc1ccc(-c2cccc(-c3nc(-c4ccccc4)nc(-c4ccc(-c5c(-c6ccccc6)cccc5-c5nc(-c6ccccc6)nc6ccccc56)cc4)n3)c2)cc1. The first-order valence-corrected chi connectivity index (χ1v) is 19.7. The predicted octanol–water partition coefficient (Wildman–Crippen LogP) is 13.0. The first-order valence-electron chi connectivity index (χ1n) is 19.7. The highest BCUT2D eigenvalue weighted by Gasteiger charge is 2.20. The zero-order valence-electron chi connectivity index (χ0n) is 32.3. The van der Waals surface area contributed by atoms with Crippen LogP contribution in [0.2, 0.25) is 0 Å². The van der Waals surface area contributed by atoms with Gasteiger partial charge in [0.25, 0.3) is 0 Å². The van der Waals surface area contributed by atoms with Gasteiger partial charge in [-0.1, -0.05) is 182 Å². The van der Waals surface area contributed by atoms with Crippen LogP contribution in [0.25, 0.3) is 101 Å². The number of nitrogens with zero attached hydrogens (tertiary/aromatic N) is 6. The van der Waals surface area contributed by atoms with Crippen molar-refractivity contribution in [3.8, 4) is 96.3 Å². The van der Waals surface area contributed by atoms with E-state index in [9.17, 15) is 5.26 Å². The van der Waals surface area contributed by atoms with Crippen molar-refractivity contribution in [2.24, 2.45) is 0 Å². The average Bonchev–Trinajstić information content (AvgIpc) is 3.34. The molecule has 2 aromatic heterocycles. The molecular formula is C54H34N6. The van der Waals surface area contributed by atoms with E-state index in [1.54, 1.807) is 0 Å². The molecule has 0 N–H and O–H groups in total. The van der Waals surface area contributed by atoms with Crippen molar-refractivity contribution in [2.75, 3.05) is 0 Å². The van der Waals surface area contributed by atoms with Gasteiger partial charge in [0, 0.05) is 33.2 Å². The molecule has 0 aliphatic rings. The lowest BCUT2D eigenvalue weighted by atomic mass is 9.88. The Bertz CT molecular complexity index is 3180. The summed E-state index contributed by atoms with van der Waals surface area (Å²) in [5, 5.41) is 10.3. The number of para-hydroxylation sites is 1. The number of aromatic nitrogens is 5. The summed E-state index contributed by atoms with van der Waals surface area (Å²) < 4.78 is 0. The number of hydrogen-bond acceptors (Lipinski definition) is 6. The van der Waals surface area contributed by atoms with E-state index in [0.717, 1.165) is 77.8 Å². The molecule has 2 heterocycles. The summed E-state index contributed by atoms with van der Waals surface area (Å²) in [5.74, 6) is 2.41. The van der Waals surface area contributed by atoms with Crippen molar-refractivity contribution in [2.45, 2.75) is 0 Å². The summed E-state index contributed by atoms with van der Waals surface area (Å²) in [7, 11) is 0. The van der Waals surface area contributed by atoms with Crippen molar-refractivity contribution >= 4 is 10.9 Å². The van der Waals surface area contributed by atoms with E-state index >= 15 is 0 Å². The van der Waals surface area contributed by atoms with Crippen LogP contribution in [-0.2, 0) is 0 Å². The molecule has 0 atom stereocenters. The van der Waals surface area contributed by atoms with Crippen LogP contribution in [0.3, 0.4) is 0 Å². The third-order valence-electron chi connectivity index (χ3n) is 10.6. The second kappa shape index (κ2) is 15.9. The number of rotatable bonds is 8. The smallest absolute Gasteiger partial charge is 0.164 e. The van der Waals surface area contributed by atoms with Gasteiger partial charge in [-0.2, -0.15) is 5.26 Å². The first kappa shape index (κ1) is 36.0. The Morgan fingerprint density at radius 3 is 1.43 bits per heavy atom. The van der Waals surface area contributed by atoms with Gasteiger partial charge in [-0.15, -0.1) is 0 Å². The second-order valence-corrected chi connectivity index (χ2v) is 14.4. The molecule has 10 aromatic rings. The molecule has 0 bridgehead atoms. The van der Waals surface area contributed by atoms with E-state index in [4.69, 9.17) is 24.9 Å². The molecule has 6 nitrogen and oxygen atoms in total. The minimum atomic E-state index is 0.569. The molecule has 0 saturated carbocycles. The predicted molar refractivity (Wildman–Crippen MR) is 241 cm³/mol. The minimum Gasteiger partial charge on any atom is -0.228 e. The van der Waals surface area contributed by atoms with E-state index in [2.05, 4.69) is 109 Å². The van der Waals surface area contributed by atoms with Gasteiger partial charge < -0.3 is 0 Å². The van der Waals surface area contributed by atoms with E-state index in [1.165, 1.54) is 0 Å². The molecule has 0 saturated heterocycles. The van der Waals surface area contributed by atoms with Crippen LogP contribution in [0.15, 0.2) is 206 Å². The number of nitriles is 1. The summed E-state index contributed by atoms with van der Waals surface area (Å²) in [5.41, 5.74) is 13.3. The zero-order valence-corrected chi connectivity index (χ0v) is 32.3. The van der Waals surface area contributed by atoms with Crippen molar-refractivity contribution in [1.29, 1.82) is 5.26 Å². The Labute approximate surface area is 347 Å². The van der Waals surface area contributed by atoms with E-state index in [-0.39, 0.29) is 0 Å². The maximum absolute atomic E-state index is 9.33. The molecule has 60 heavy (non-hydrogen) atoms. The largest absolute Gasteiger partial charge is 0.228 e. The average molecular weight is 767 g/mol. The summed E-state index contributed by atoms with van der Waals surface area (Å²) in [4.78, 5) is 25.4. The maximum atomic E-state index is 9.33. The Morgan fingerprint density at radius 2 is 0.783 bits per heavy atom. The molecule has 6 heteroatoms. The second-order valence-electron chi connectivity index (χ2n) is 14.4. The Kier molecular flexibility index (Phi) is 9.51. The van der Waals surface area contributed by atoms with Crippen molar-refractivity contribution < 1.29 is 0 Å². The van der Waals surface area contributed by atoms with Gasteiger partial charge in [0.2, 0.25) is 0 Å². The van der Waals surface area contributed by atoms with Gasteiger partial charge in [0.1, 0.15) is 0 Å². The normalized spacial score (nSPS) is 11.0. The molecule has 0 fully saturated rings. The Balaban J connectivity index is 1.12. The van der Waals surface area contributed by atoms with Crippen LogP contribution in [-0.4, -0.2) is 24.9 Å². The van der Waals surface area contributed by atoms with E-state index in [0.29, 0.717) is 28.9 Å². The molecule has 0 unspecified atom stereocenters. The molecular weight excluding hydrogens is 733 g/mol. The molecule has 8 aromatic carbocycles. The van der Waals surface area contributed by atoms with Gasteiger partial charge in [-0.25, -0.2) is 24.9 Å². The van der Waals surface area contributed by atoms with Gasteiger partial charge in [-0.05, 0) is 57.6 Å². The lowest BCUT2D eigenvalue weighted by Crippen LogP contribution is -2.00. The number of hydrogen-bond donors (Lipinski definition) is 0. The third-order valence-corrected chi connectivity index (χ3v) is 10.6. The Hall–Kier alpha value is -8.40. The van der Waals surface area contributed by atoms with Gasteiger partial charge >= 0.3 is 0 Å². The molecule has 0 aliphatic carbocycles. The van der Waals surface area contributed by atoms with Crippen LogP contribution in [0.1, 0.15) is 5.56 Å². The lowest BCUT2D eigenvalue weighted by Gasteiger charge is -2.18. The standard InChI is InChI=1S/C54H34N6/c55-35-36-26-28-37(29-27-36)43-20-12-21-44(34-43)54-59-52(41-18-8-3-9-19-41)58-53(60-54)42-32-30-39(31-33-42)49-45(38-14-4-1-5-15-38)23-13-24-47(49)50-46-22-10-11-25-48(46)56-51(57-50)40-16-6-2-7-17-40/h1-34H. The van der Waals surface area contributed by atoms with Crippen LogP contribution in [0, 0.1) is 11.3 Å². The minimum absolute atomic E-state index is 0.569. The maximum Gasteiger partial charge on any atom is 0.164 e. The van der Waals surface area contributed by atoms with Crippen LogP contribution >= 0.6 is 0 Å². The molecule has 10 rings (SSSR count). The van der Waals surface area contributed by atoms with Gasteiger partial charge in [0.15, 0.2) is 23.3 Å². The fraction of sp³-hybridized carbons (Fsp3) is 0. The highest BCUT2D eigenvalue weighted by Crippen LogP contribution is 2.42. The van der Waals surface area contributed by atoms with Gasteiger partial charge in [-0.3, -0.25) is 0 Å².